The molecule has 17 heavy (non-hydrogen) atoms. The molecule has 0 spiro atoms. The number of nitrogens with zero attached hydrogens (tertiary/aromatic N) is 2. The van der Waals surface area contributed by atoms with Crippen LogP contribution in [0.3, 0.4) is 0 Å². The lowest BCUT2D eigenvalue weighted by Gasteiger charge is -2.27. The summed E-state index contributed by atoms with van der Waals surface area (Å²) in [5.74, 6) is -0.666. The van der Waals surface area contributed by atoms with E-state index in [1.807, 2.05) is 18.7 Å². The van der Waals surface area contributed by atoms with E-state index in [0.29, 0.717) is 12.4 Å². The van der Waals surface area contributed by atoms with Crippen molar-refractivity contribution in [3.63, 3.8) is 0 Å². The van der Waals surface area contributed by atoms with E-state index >= 15 is 0 Å². The summed E-state index contributed by atoms with van der Waals surface area (Å²) in [6.45, 7) is 4.25. The van der Waals surface area contributed by atoms with Crippen molar-refractivity contribution in [2.45, 2.75) is 19.9 Å². The first-order chi connectivity index (χ1) is 7.97. The first kappa shape index (κ1) is 13.7. The van der Waals surface area contributed by atoms with E-state index < -0.39 is 5.97 Å². The third-order valence-electron chi connectivity index (χ3n) is 2.29. The number of carboxylic acids is 1. The van der Waals surface area contributed by atoms with E-state index in [2.05, 4.69) is 4.98 Å². The van der Waals surface area contributed by atoms with Crippen LogP contribution in [0.1, 0.15) is 24.3 Å². The van der Waals surface area contributed by atoms with E-state index in [1.165, 1.54) is 6.07 Å². The molecule has 1 aromatic rings. The van der Waals surface area contributed by atoms with Crippen LogP contribution in [-0.2, 0) is 0 Å². The van der Waals surface area contributed by atoms with Crippen molar-refractivity contribution in [2.75, 3.05) is 18.1 Å². The molecule has 2 N–H and O–H groups in total. The van der Waals surface area contributed by atoms with E-state index in [1.54, 1.807) is 6.07 Å². The topological polar surface area (TPSA) is 73.7 Å². The molecule has 0 aliphatic rings. The van der Waals surface area contributed by atoms with Gasteiger partial charge in [-0.2, -0.15) is 0 Å². The van der Waals surface area contributed by atoms with Crippen molar-refractivity contribution in [2.24, 2.45) is 0 Å². The number of aromatic nitrogens is 1. The maximum absolute atomic E-state index is 10.9. The molecule has 0 saturated carbocycles. The molecular weight excluding hydrogens is 244 g/mol. The number of carboxylic acid groups (broad SMARTS) is 1. The summed E-state index contributed by atoms with van der Waals surface area (Å²) in [5, 5.41) is 18.0. The molecule has 1 heterocycles. The molecule has 1 rings (SSSR count). The molecule has 0 aliphatic heterocycles. The fourth-order valence-corrected chi connectivity index (χ4v) is 1.67. The average Bonchev–Trinajstić information content (AvgIpc) is 2.26. The van der Waals surface area contributed by atoms with Gasteiger partial charge in [0.25, 0.3) is 0 Å². The lowest BCUT2D eigenvalue weighted by atomic mass is 10.3. The first-order valence-corrected chi connectivity index (χ1v) is 5.62. The quantitative estimate of drug-likeness (QED) is 0.840. The first-order valence-electron chi connectivity index (χ1n) is 5.24. The fraction of sp³-hybridized carbons (Fsp3) is 0.455. The Morgan fingerprint density at radius 2 is 2.18 bits per heavy atom. The lowest BCUT2D eigenvalue weighted by molar-refractivity contribution is 0.0691. The highest BCUT2D eigenvalue weighted by atomic mass is 35.5. The predicted molar refractivity (Wildman–Crippen MR) is 65.8 cm³/mol. The van der Waals surface area contributed by atoms with E-state index in [-0.39, 0.29) is 23.4 Å². The van der Waals surface area contributed by atoms with Gasteiger partial charge in [-0.3, -0.25) is 0 Å². The fourth-order valence-electron chi connectivity index (χ4n) is 1.49. The SMILES string of the molecule is CC(C)N(CCO)c1ccc(Cl)c(C(=O)O)n1. The minimum atomic E-state index is -1.16. The van der Waals surface area contributed by atoms with Gasteiger partial charge in [-0.05, 0) is 26.0 Å². The number of pyridine rings is 1. The standard InChI is InChI=1S/C11H15ClN2O3/c1-7(2)14(5-6-15)9-4-3-8(12)10(13-9)11(16)17/h3-4,7,15H,5-6H2,1-2H3,(H,16,17). The van der Waals surface area contributed by atoms with Crippen LogP contribution >= 0.6 is 11.6 Å². The molecule has 0 aliphatic carbocycles. The van der Waals surface area contributed by atoms with Crippen LogP contribution in [-0.4, -0.2) is 40.4 Å². The van der Waals surface area contributed by atoms with Crippen molar-refractivity contribution >= 4 is 23.4 Å². The predicted octanol–water partition coefficient (Wildman–Crippen LogP) is 1.64. The second-order valence-electron chi connectivity index (χ2n) is 3.82. The summed E-state index contributed by atoms with van der Waals surface area (Å²) in [5.41, 5.74) is -0.173. The number of aromatic carboxylic acids is 1. The number of carbonyl (C=O) groups is 1. The number of rotatable bonds is 5. The molecule has 0 fully saturated rings. The third-order valence-corrected chi connectivity index (χ3v) is 2.60. The molecule has 0 aromatic carbocycles. The zero-order valence-corrected chi connectivity index (χ0v) is 10.5. The largest absolute Gasteiger partial charge is 0.476 e. The number of anilines is 1. The minimum absolute atomic E-state index is 0.0229. The van der Waals surface area contributed by atoms with Crippen LogP contribution < -0.4 is 4.90 Å². The summed E-state index contributed by atoms with van der Waals surface area (Å²) < 4.78 is 0. The number of halogens is 1. The summed E-state index contributed by atoms with van der Waals surface area (Å²) in [6, 6.07) is 3.25. The van der Waals surface area contributed by atoms with E-state index in [0.717, 1.165) is 0 Å². The summed E-state index contributed by atoms with van der Waals surface area (Å²) in [6.07, 6.45) is 0. The number of aliphatic hydroxyl groups excluding tert-OH is 1. The molecule has 0 amide bonds. The Kier molecular flexibility index (Phi) is 4.72. The van der Waals surface area contributed by atoms with Crippen molar-refractivity contribution in [3.05, 3.63) is 22.8 Å². The van der Waals surface area contributed by atoms with Crippen LogP contribution in [0, 0.1) is 0 Å². The van der Waals surface area contributed by atoms with Gasteiger partial charge in [0.1, 0.15) is 5.82 Å². The smallest absolute Gasteiger partial charge is 0.356 e. The Morgan fingerprint density at radius 3 is 2.65 bits per heavy atom. The summed E-state index contributed by atoms with van der Waals surface area (Å²) >= 11 is 5.74. The second kappa shape index (κ2) is 5.84. The molecule has 0 atom stereocenters. The highest BCUT2D eigenvalue weighted by Crippen LogP contribution is 2.20. The van der Waals surface area contributed by atoms with Crippen molar-refractivity contribution in [3.8, 4) is 0 Å². The molecule has 0 radical (unpaired) electrons. The van der Waals surface area contributed by atoms with Gasteiger partial charge in [0.15, 0.2) is 5.69 Å². The van der Waals surface area contributed by atoms with Crippen molar-refractivity contribution in [1.82, 2.24) is 4.98 Å². The second-order valence-corrected chi connectivity index (χ2v) is 4.22. The minimum Gasteiger partial charge on any atom is -0.476 e. The maximum Gasteiger partial charge on any atom is 0.356 e. The molecular formula is C11H15ClN2O3. The Bertz CT molecular complexity index is 410. The van der Waals surface area contributed by atoms with Gasteiger partial charge < -0.3 is 15.1 Å². The van der Waals surface area contributed by atoms with Crippen LogP contribution in [0.15, 0.2) is 12.1 Å². The van der Waals surface area contributed by atoms with Gasteiger partial charge in [0.2, 0.25) is 0 Å². The molecule has 94 valence electrons. The molecule has 0 bridgehead atoms. The third kappa shape index (κ3) is 3.31. The van der Waals surface area contributed by atoms with E-state index in [9.17, 15) is 4.79 Å². The monoisotopic (exact) mass is 258 g/mol. The molecule has 5 nitrogen and oxygen atoms in total. The average molecular weight is 259 g/mol. The Balaban J connectivity index is 3.12. The van der Waals surface area contributed by atoms with Gasteiger partial charge in [-0.15, -0.1) is 0 Å². The Labute approximate surface area is 105 Å². The van der Waals surface area contributed by atoms with Gasteiger partial charge in [-0.1, -0.05) is 11.6 Å². The number of aliphatic hydroxyl groups is 1. The van der Waals surface area contributed by atoms with Crippen LogP contribution in [0.4, 0.5) is 5.82 Å². The van der Waals surface area contributed by atoms with Gasteiger partial charge >= 0.3 is 5.97 Å². The zero-order chi connectivity index (χ0) is 13.0. The van der Waals surface area contributed by atoms with E-state index in [4.69, 9.17) is 21.8 Å². The number of hydrogen-bond donors (Lipinski definition) is 2. The zero-order valence-electron chi connectivity index (χ0n) is 9.72. The van der Waals surface area contributed by atoms with Gasteiger partial charge in [-0.25, -0.2) is 9.78 Å². The van der Waals surface area contributed by atoms with Crippen molar-refractivity contribution < 1.29 is 15.0 Å². The molecule has 0 saturated heterocycles. The normalized spacial score (nSPS) is 10.6. The molecule has 1 aromatic heterocycles. The molecule has 6 heteroatoms. The van der Waals surface area contributed by atoms with Crippen LogP contribution in [0.25, 0.3) is 0 Å². The van der Waals surface area contributed by atoms with Gasteiger partial charge in [0, 0.05) is 12.6 Å². The van der Waals surface area contributed by atoms with Crippen LogP contribution in [0.2, 0.25) is 5.02 Å². The highest BCUT2D eigenvalue weighted by Gasteiger charge is 2.16. The summed E-state index contributed by atoms with van der Waals surface area (Å²) in [4.78, 5) is 16.7. The van der Waals surface area contributed by atoms with Crippen LogP contribution in [0.5, 0.6) is 0 Å². The Morgan fingerprint density at radius 1 is 1.53 bits per heavy atom. The number of hydrogen-bond acceptors (Lipinski definition) is 4. The Hall–Kier alpha value is -1.33. The lowest BCUT2D eigenvalue weighted by Crippen LogP contribution is -2.34. The maximum atomic E-state index is 10.9. The highest BCUT2D eigenvalue weighted by molar-refractivity contribution is 6.33. The molecule has 0 unspecified atom stereocenters. The summed E-state index contributed by atoms with van der Waals surface area (Å²) in [7, 11) is 0. The van der Waals surface area contributed by atoms with Gasteiger partial charge in [0.05, 0.1) is 11.6 Å². The van der Waals surface area contributed by atoms with Crippen molar-refractivity contribution in [1.29, 1.82) is 0 Å².